The van der Waals surface area contributed by atoms with Crippen molar-refractivity contribution in [2.45, 2.75) is 31.7 Å². The molecule has 1 aromatic rings. The van der Waals surface area contributed by atoms with E-state index in [9.17, 15) is 18.5 Å². The molecule has 21 heavy (non-hydrogen) atoms. The Hall–Kier alpha value is -1.87. The van der Waals surface area contributed by atoms with Crippen molar-refractivity contribution in [3.05, 3.63) is 33.9 Å². The van der Waals surface area contributed by atoms with Crippen molar-refractivity contribution in [3.63, 3.8) is 0 Å². The fraction of sp³-hybridized carbons (Fsp3) is 0.500. The van der Waals surface area contributed by atoms with Crippen LogP contribution in [0.15, 0.2) is 18.2 Å². The van der Waals surface area contributed by atoms with Crippen molar-refractivity contribution in [1.29, 1.82) is 0 Å². The zero-order valence-corrected chi connectivity index (χ0v) is 12.4. The number of hydrogen-bond donors (Lipinski definition) is 1. The second-order valence-electron chi connectivity index (χ2n) is 4.78. The molecule has 0 saturated carbocycles. The highest BCUT2D eigenvalue weighted by molar-refractivity contribution is 7.90. The summed E-state index contributed by atoms with van der Waals surface area (Å²) in [6.45, 7) is 2.76. The summed E-state index contributed by atoms with van der Waals surface area (Å²) in [6.07, 6.45) is 0. The van der Waals surface area contributed by atoms with Crippen LogP contribution in [-0.2, 0) is 16.6 Å². The van der Waals surface area contributed by atoms with E-state index in [1.165, 1.54) is 13.8 Å². The number of sulfonamides is 1. The van der Waals surface area contributed by atoms with Crippen LogP contribution >= 0.6 is 0 Å². The Kier molecular flexibility index (Phi) is 4.33. The summed E-state index contributed by atoms with van der Waals surface area (Å²) in [6, 6.07) is 3.89. The van der Waals surface area contributed by atoms with Gasteiger partial charge in [0.2, 0.25) is 22.9 Å². The topological polar surface area (TPSA) is 108 Å². The van der Waals surface area contributed by atoms with E-state index in [4.69, 9.17) is 9.47 Å². The van der Waals surface area contributed by atoms with E-state index < -0.39 is 26.2 Å². The van der Waals surface area contributed by atoms with Gasteiger partial charge in [-0.05, 0) is 24.6 Å². The fourth-order valence-corrected chi connectivity index (χ4v) is 3.05. The van der Waals surface area contributed by atoms with E-state index in [2.05, 4.69) is 4.72 Å². The molecule has 1 aliphatic rings. The largest absolute Gasteiger partial charge is 0.454 e. The summed E-state index contributed by atoms with van der Waals surface area (Å²) in [5, 5.41) is 9.55. The van der Waals surface area contributed by atoms with E-state index in [-0.39, 0.29) is 13.3 Å². The molecule has 0 radical (unpaired) electrons. The molecule has 1 unspecified atom stereocenters. The molecule has 0 aromatic heterocycles. The second-order valence-corrected chi connectivity index (χ2v) is 6.91. The zero-order chi connectivity index (χ0) is 15.6. The molecular formula is C12H16N2O6S. The van der Waals surface area contributed by atoms with Gasteiger partial charge in [-0.25, -0.2) is 13.1 Å². The lowest BCUT2D eigenvalue weighted by molar-refractivity contribution is -0.516. The van der Waals surface area contributed by atoms with Crippen LogP contribution < -0.4 is 14.2 Å². The number of nitrogens with zero attached hydrogens (tertiary/aromatic N) is 1. The number of rotatable bonds is 6. The standard InChI is InChI=1S/C12H16N2O6S/c1-8(14(15)16)9(2)21(17,18)13-6-10-3-4-11-12(5-10)20-7-19-11/h3-5,8-9,13H,6-7H2,1-2H3/t8?,9-/m0/s1. The van der Waals surface area contributed by atoms with Crippen molar-refractivity contribution in [2.75, 3.05) is 6.79 Å². The summed E-state index contributed by atoms with van der Waals surface area (Å²) in [5.74, 6) is 1.16. The average molecular weight is 316 g/mol. The van der Waals surface area contributed by atoms with Gasteiger partial charge in [0.05, 0.1) is 0 Å². The first kappa shape index (κ1) is 15.5. The Morgan fingerprint density at radius 3 is 2.67 bits per heavy atom. The first-order valence-corrected chi connectivity index (χ1v) is 7.86. The normalized spacial score (nSPS) is 16.5. The van der Waals surface area contributed by atoms with Crippen molar-refractivity contribution in [3.8, 4) is 11.5 Å². The number of hydrogen-bond acceptors (Lipinski definition) is 6. The Balaban J connectivity index is 2.03. The van der Waals surface area contributed by atoms with E-state index in [1.54, 1.807) is 18.2 Å². The number of benzene rings is 1. The minimum absolute atomic E-state index is 0.0355. The Morgan fingerprint density at radius 1 is 1.33 bits per heavy atom. The third kappa shape index (κ3) is 3.42. The molecule has 2 atom stereocenters. The molecule has 1 N–H and O–H groups in total. The van der Waals surface area contributed by atoms with Crippen molar-refractivity contribution >= 4 is 10.0 Å². The van der Waals surface area contributed by atoms with Crippen LogP contribution in [0.4, 0.5) is 0 Å². The van der Waals surface area contributed by atoms with E-state index >= 15 is 0 Å². The molecule has 9 heteroatoms. The summed E-state index contributed by atoms with van der Waals surface area (Å²) in [7, 11) is -3.78. The number of ether oxygens (including phenoxy) is 2. The summed E-state index contributed by atoms with van der Waals surface area (Å²) >= 11 is 0. The molecule has 8 nitrogen and oxygen atoms in total. The minimum atomic E-state index is -3.78. The maximum absolute atomic E-state index is 12.0. The van der Waals surface area contributed by atoms with Gasteiger partial charge in [-0.1, -0.05) is 6.07 Å². The third-order valence-corrected chi connectivity index (χ3v) is 5.34. The first-order valence-electron chi connectivity index (χ1n) is 6.32. The Bertz CT molecular complexity index is 645. The van der Waals surface area contributed by atoms with Crippen LogP contribution in [-0.4, -0.2) is 31.4 Å². The van der Waals surface area contributed by atoms with Gasteiger partial charge >= 0.3 is 0 Å². The van der Waals surface area contributed by atoms with Crippen LogP contribution in [0.1, 0.15) is 19.4 Å². The summed E-state index contributed by atoms with van der Waals surface area (Å²) in [4.78, 5) is 10.1. The highest BCUT2D eigenvalue weighted by Gasteiger charge is 2.33. The Labute approximate surface area is 122 Å². The predicted octanol–water partition coefficient (Wildman–Crippen LogP) is 0.888. The van der Waals surface area contributed by atoms with Gasteiger partial charge in [0.15, 0.2) is 11.5 Å². The average Bonchev–Trinajstić information content (AvgIpc) is 2.90. The molecule has 0 spiro atoms. The smallest absolute Gasteiger partial charge is 0.231 e. The predicted molar refractivity (Wildman–Crippen MR) is 74.2 cm³/mol. The Morgan fingerprint density at radius 2 is 2.00 bits per heavy atom. The molecule has 1 aromatic carbocycles. The monoisotopic (exact) mass is 316 g/mol. The molecule has 0 bridgehead atoms. The van der Waals surface area contributed by atoms with Gasteiger partial charge in [0.25, 0.3) is 0 Å². The highest BCUT2D eigenvalue weighted by atomic mass is 32.2. The molecule has 0 aliphatic carbocycles. The zero-order valence-electron chi connectivity index (χ0n) is 11.6. The molecule has 0 amide bonds. The molecular weight excluding hydrogens is 300 g/mol. The molecule has 0 saturated heterocycles. The number of nitrogens with one attached hydrogen (secondary N) is 1. The summed E-state index contributed by atoms with van der Waals surface area (Å²) in [5.41, 5.74) is 0.684. The fourth-order valence-electron chi connectivity index (χ4n) is 1.80. The van der Waals surface area contributed by atoms with E-state index in [1.807, 2.05) is 0 Å². The molecule has 1 aliphatic heterocycles. The van der Waals surface area contributed by atoms with E-state index in [0.717, 1.165) is 0 Å². The van der Waals surface area contributed by atoms with Crippen LogP contribution in [0.25, 0.3) is 0 Å². The SMILES string of the molecule is CC([C@H](C)S(=O)(=O)NCc1ccc2c(c1)OCO2)[N+](=O)[O-]. The quantitative estimate of drug-likeness (QED) is 0.617. The van der Waals surface area contributed by atoms with Gasteiger partial charge in [-0.15, -0.1) is 0 Å². The number of nitro groups is 1. The van der Waals surface area contributed by atoms with Gasteiger partial charge in [-0.2, -0.15) is 0 Å². The molecule has 0 fully saturated rings. The van der Waals surface area contributed by atoms with Crippen LogP contribution in [0.5, 0.6) is 11.5 Å². The maximum atomic E-state index is 12.0. The molecule has 116 valence electrons. The third-order valence-electron chi connectivity index (χ3n) is 3.42. The molecule has 1 heterocycles. The lowest BCUT2D eigenvalue weighted by Crippen LogP contribution is -2.41. The van der Waals surface area contributed by atoms with Crippen LogP contribution in [0.3, 0.4) is 0 Å². The lowest BCUT2D eigenvalue weighted by atomic mass is 10.2. The van der Waals surface area contributed by atoms with Crippen LogP contribution in [0.2, 0.25) is 0 Å². The van der Waals surface area contributed by atoms with Crippen molar-refractivity contribution in [1.82, 2.24) is 4.72 Å². The lowest BCUT2D eigenvalue weighted by Gasteiger charge is -2.15. The van der Waals surface area contributed by atoms with Gasteiger partial charge in [0, 0.05) is 18.4 Å². The first-order chi connectivity index (χ1) is 9.81. The molecule has 2 rings (SSSR count). The highest BCUT2D eigenvalue weighted by Crippen LogP contribution is 2.32. The second kappa shape index (κ2) is 5.86. The summed E-state index contributed by atoms with van der Waals surface area (Å²) < 4.78 is 36.8. The number of fused-ring (bicyclic) bond motifs is 1. The minimum Gasteiger partial charge on any atom is -0.454 e. The van der Waals surface area contributed by atoms with Crippen molar-refractivity contribution in [2.24, 2.45) is 0 Å². The van der Waals surface area contributed by atoms with Gasteiger partial charge in [0.1, 0.15) is 5.25 Å². The van der Waals surface area contributed by atoms with Crippen molar-refractivity contribution < 1.29 is 22.8 Å². The maximum Gasteiger partial charge on any atom is 0.231 e. The van der Waals surface area contributed by atoms with Gasteiger partial charge in [-0.3, -0.25) is 10.1 Å². The van der Waals surface area contributed by atoms with Crippen LogP contribution in [0, 0.1) is 10.1 Å². The van der Waals surface area contributed by atoms with E-state index in [0.29, 0.717) is 17.1 Å². The van der Waals surface area contributed by atoms with Gasteiger partial charge < -0.3 is 9.47 Å².